The number of piperazine rings is 1. The predicted molar refractivity (Wildman–Crippen MR) is 108 cm³/mol. The number of benzene rings is 1. The van der Waals surface area contributed by atoms with Gasteiger partial charge in [0, 0.05) is 56.4 Å². The van der Waals surface area contributed by atoms with Crippen molar-refractivity contribution >= 4 is 17.6 Å². The minimum atomic E-state index is 0.402. The van der Waals surface area contributed by atoms with Gasteiger partial charge in [0.05, 0.1) is 12.2 Å². The lowest BCUT2D eigenvalue weighted by Crippen LogP contribution is -2.52. The van der Waals surface area contributed by atoms with Gasteiger partial charge in [-0.1, -0.05) is 34.0 Å². The summed E-state index contributed by atoms with van der Waals surface area (Å²) in [5.74, 6) is 1.82. The topological polar surface area (TPSA) is 95.8 Å². The number of guanidine groups is 1. The first-order valence-corrected chi connectivity index (χ1v) is 9.75. The third-order valence-electron chi connectivity index (χ3n) is 4.71. The second-order valence-corrected chi connectivity index (χ2v) is 7.11. The number of aromatic nitrogens is 3. The Labute approximate surface area is 173 Å². The Morgan fingerprint density at radius 3 is 2.79 bits per heavy atom. The molecule has 0 radical (unpaired) electrons. The zero-order chi connectivity index (χ0) is 20.1. The Bertz CT molecular complexity index is 949. The van der Waals surface area contributed by atoms with Crippen LogP contribution in [0.4, 0.5) is 0 Å². The molecule has 0 aliphatic carbocycles. The van der Waals surface area contributed by atoms with Gasteiger partial charge in [-0.15, -0.1) is 0 Å². The van der Waals surface area contributed by atoms with Crippen LogP contribution in [0, 0.1) is 0 Å². The lowest BCUT2D eigenvalue weighted by Gasteiger charge is -2.36. The fraction of sp³-hybridized carbons (Fsp3) is 0.368. The average Bonchev–Trinajstić information content (AvgIpc) is 3.42. The van der Waals surface area contributed by atoms with Crippen LogP contribution in [0.15, 0.2) is 50.6 Å². The van der Waals surface area contributed by atoms with Crippen LogP contribution < -0.4 is 5.32 Å². The number of hydrogen-bond donors (Lipinski definition) is 1. The van der Waals surface area contributed by atoms with Crippen LogP contribution in [0.3, 0.4) is 0 Å². The van der Waals surface area contributed by atoms with Crippen molar-refractivity contribution in [1.29, 1.82) is 0 Å². The maximum atomic E-state index is 6.03. The quantitative estimate of drug-likeness (QED) is 0.500. The molecule has 10 heteroatoms. The van der Waals surface area contributed by atoms with Crippen molar-refractivity contribution in [2.75, 3.05) is 33.2 Å². The fourth-order valence-electron chi connectivity index (χ4n) is 3.22. The molecule has 1 aromatic carbocycles. The van der Waals surface area contributed by atoms with Crippen molar-refractivity contribution in [3.05, 3.63) is 53.2 Å². The number of aliphatic imine (C=N–C) groups is 1. The van der Waals surface area contributed by atoms with Crippen LogP contribution in [0.5, 0.6) is 0 Å². The summed E-state index contributed by atoms with van der Waals surface area (Å²) in [6.07, 6.45) is 1.60. The van der Waals surface area contributed by atoms with E-state index in [2.05, 4.69) is 35.4 Å². The molecule has 3 heterocycles. The van der Waals surface area contributed by atoms with Gasteiger partial charge < -0.3 is 19.3 Å². The van der Waals surface area contributed by atoms with E-state index in [0.29, 0.717) is 23.3 Å². The van der Waals surface area contributed by atoms with Crippen LogP contribution in [-0.4, -0.2) is 64.3 Å². The first-order valence-electron chi connectivity index (χ1n) is 9.37. The van der Waals surface area contributed by atoms with Gasteiger partial charge in [-0.2, -0.15) is 4.98 Å². The van der Waals surface area contributed by atoms with Gasteiger partial charge in [-0.05, 0) is 12.1 Å². The first-order chi connectivity index (χ1) is 14.2. The van der Waals surface area contributed by atoms with E-state index in [4.69, 9.17) is 20.6 Å². The van der Waals surface area contributed by atoms with Crippen LogP contribution in [0.1, 0.15) is 11.6 Å². The highest BCUT2D eigenvalue weighted by Crippen LogP contribution is 2.19. The van der Waals surface area contributed by atoms with E-state index in [1.807, 2.05) is 24.3 Å². The summed E-state index contributed by atoms with van der Waals surface area (Å²) in [4.78, 5) is 13.4. The van der Waals surface area contributed by atoms with Gasteiger partial charge in [0.25, 0.3) is 0 Å². The molecule has 1 aliphatic heterocycles. The van der Waals surface area contributed by atoms with Crippen molar-refractivity contribution in [3.63, 3.8) is 0 Å². The second kappa shape index (κ2) is 9.06. The summed E-state index contributed by atoms with van der Waals surface area (Å²) >= 11 is 6.03. The molecule has 4 rings (SSSR count). The van der Waals surface area contributed by atoms with E-state index in [1.165, 1.54) is 0 Å². The average molecular weight is 416 g/mol. The summed E-state index contributed by atoms with van der Waals surface area (Å²) in [5, 5.41) is 11.9. The van der Waals surface area contributed by atoms with Crippen LogP contribution in [0.25, 0.3) is 11.4 Å². The van der Waals surface area contributed by atoms with E-state index >= 15 is 0 Å². The molecule has 9 nitrogen and oxygen atoms in total. The Kier molecular flexibility index (Phi) is 6.06. The maximum Gasteiger partial charge on any atom is 0.246 e. The molecule has 1 aliphatic rings. The zero-order valence-corrected chi connectivity index (χ0v) is 16.8. The molecule has 0 unspecified atom stereocenters. The van der Waals surface area contributed by atoms with E-state index in [-0.39, 0.29) is 0 Å². The van der Waals surface area contributed by atoms with Gasteiger partial charge >= 0.3 is 0 Å². The zero-order valence-electron chi connectivity index (χ0n) is 16.1. The summed E-state index contributed by atoms with van der Waals surface area (Å²) < 4.78 is 10.3. The molecule has 1 saturated heterocycles. The smallest absolute Gasteiger partial charge is 0.246 e. The molecule has 0 spiro atoms. The van der Waals surface area contributed by atoms with Crippen LogP contribution in [-0.2, 0) is 13.1 Å². The minimum absolute atomic E-state index is 0.402. The Morgan fingerprint density at radius 1 is 1.21 bits per heavy atom. The predicted octanol–water partition coefficient (Wildman–Crippen LogP) is 2.27. The molecule has 0 bridgehead atoms. The summed E-state index contributed by atoms with van der Waals surface area (Å²) in [6.45, 7) is 4.79. The van der Waals surface area contributed by atoms with Gasteiger partial charge in [0.15, 0.2) is 5.96 Å². The summed E-state index contributed by atoms with van der Waals surface area (Å²) in [7, 11) is 1.77. The normalized spacial score (nSPS) is 15.7. The highest BCUT2D eigenvalue weighted by atomic mass is 35.5. The molecule has 2 aromatic heterocycles. The monoisotopic (exact) mass is 415 g/mol. The highest BCUT2D eigenvalue weighted by molar-refractivity contribution is 6.30. The van der Waals surface area contributed by atoms with Crippen molar-refractivity contribution < 1.29 is 9.05 Å². The van der Waals surface area contributed by atoms with E-state index in [0.717, 1.165) is 49.9 Å². The van der Waals surface area contributed by atoms with Crippen molar-refractivity contribution in [1.82, 2.24) is 30.4 Å². The standard InChI is InChI=1S/C19H22ClN7O2/c1-21-19(27-8-6-26(7-9-27)13-16-5-10-28-24-16)22-12-17-23-18(25-29-17)14-3-2-4-15(20)11-14/h2-5,10-11H,6-9,12-13H2,1H3,(H,21,22). The molecule has 0 atom stereocenters. The third kappa shape index (κ3) is 4.93. The molecule has 1 fully saturated rings. The number of halogens is 1. The number of hydrogen-bond acceptors (Lipinski definition) is 7. The molecule has 0 saturated carbocycles. The number of nitrogens with one attached hydrogen (secondary N) is 1. The van der Waals surface area contributed by atoms with Crippen LogP contribution >= 0.6 is 11.6 Å². The molecular weight excluding hydrogens is 394 g/mol. The Hall–Kier alpha value is -2.91. The second-order valence-electron chi connectivity index (χ2n) is 6.68. The van der Waals surface area contributed by atoms with Crippen molar-refractivity contribution in [2.24, 2.45) is 4.99 Å². The molecule has 3 aromatic rings. The summed E-state index contributed by atoms with van der Waals surface area (Å²) in [6, 6.07) is 9.26. The van der Waals surface area contributed by atoms with Gasteiger partial charge in [0.1, 0.15) is 6.26 Å². The fourth-order valence-corrected chi connectivity index (χ4v) is 3.41. The van der Waals surface area contributed by atoms with Crippen molar-refractivity contribution in [3.8, 4) is 11.4 Å². The van der Waals surface area contributed by atoms with E-state index in [9.17, 15) is 0 Å². The molecular formula is C19H22ClN7O2. The Balaban J connectivity index is 1.29. The summed E-state index contributed by atoms with van der Waals surface area (Å²) in [5.41, 5.74) is 1.77. The minimum Gasteiger partial charge on any atom is -0.364 e. The molecule has 152 valence electrons. The van der Waals surface area contributed by atoms with Gasteiger partial charge in [-0.25, -0.2) is 0 Å². The molecule has 0 amide bonds. The van der Waals surface area contributed by atoms with E-state index in [1.54, 1.807) is 19.4 Å². The molecule has 1 N–H and O–H groups in total. The maximum absolute atomic E-state index is 6.03. The first kappa shape index (κ1) is 19.4. The highest BCUT2D eigenvalue weighted by Gasteiger charge is 2.20. The number of nitrogens with zero attached hydrogens (tertiary/aromatic N) is 6. The lowest BCUT2D eigenvalue weighted by atomic mass is 10.2. The van der Waals surface area contributed by atoms with Gasteiger partial charge in [0.2, 0.25) is 11.7 Å². The lowest BCUT2D eigenvalue weighted by molar-refractivity contribution is 0.168. The van der Waals surface area contributed by atoms with Crippen LogP contribution in [0.2, 0.25) is 5.02 Å². The van der Waals surface area contributed by atoms with Gasteiger partial charge in [-0.3, -0.25) is 9.89 Å². The van der Waals surface area contributed by atoms with E-state index < -0.39 is 0 Å². The Morgan fingerprint density at radius 2 is 2.07 bits per heavy atom. The van der Waals surface area contributed by atoms with Crippen molar-refractivity contribution in [2.45, 2.75) is 13.1 Å². The third-order valence-corrected chi connectivity index (χ3v) is 4.94. The molecule has 29 heavy (non-hydrogen) atoms. The number of rotatable bonds is 5. The largest absolute Gasteiger partial charge is 0.364 e. The SMILES string of the molecule is CN=C(NCc1nc(-c2cccc(Cl)c2)no1)N1CCN(Cc2ccon2)CC1.